The number of benzene rings is 1. The van der Waals surface area contributed by atoms with Gasteiger partial charge in [0, 0.05) is 18.7 Å². The molecule has 0 saturated carbocycles. The molecule has 0 aliphatic rings. The van der Waals surface area contributed by atoms with E-state index in [9.17, 15) is 18.4 Å². The van der Waals surface area contributed by atoms with Gasteiger partial charge in [0.25, 0.3) is 0 Å². The molecule has 0 heterocycles. The van der Waals surface area contributed by atoms with Gasteiger partial charge in [-0.15, -0.1) is 0 Å². The van der Waals surface area contributed by atoms with Crippen LogP contribution >= 0.6 is 0 Å². The Balaban J connectivity index is 3.08. The first-order valence-electron chi connectivity index (χ1n) is 6.22. The molecule has 0 spiro atoms. The number of amides is 1. The lowest BCUT2D eigenvalue weighted by Gasteiger charge is -2.14. The maximum absolute atomic E-state index is 13.6. The molecule has 2 N–H and O–H groups in total. The third-order valence-electron chi connectivity index (χ3n) is 2.41. The second-order valence-corrected chi connectivity index (χ2v) is 4.15. The average molecular weight is 298 g/mol. The summed E-state index contributed by atoms with van der Waals surface area (Å²) in [5.41, 5.74) is 0.0169. The minimum Gasteiger partial charge on any atom is -0.461 e. The van der Waals surface area contributed by atoms with Crippen LogP contribution in [0.5, 0.6) is 0 Å². The van der Waals surface area contributed by atoms with Crippen LogP contribution in [-0.4, -0.2) is 18.5 Å². The van der Waals surface area contributed by atoms with E-state index in [2.05, 4.69) is 10.6 Å². The first-order chi connectivity index (χ1) is 9.85. The molecule has 1 amide bonds. The van der Waals surface area contributed by atoms with E-state index in [1.807, 2.05) is 0 Å². The summed E-state index contributed by atoms with van der Waals surface area (Å²) in [4.78, 5) is 22.9. The van der Waals surface area contributed by atoms with Crippen LogP contribution in [0.4, 0.5) is 14.5 Å². The van der Waals surface area contributed by atoms with Gasteiger partial charge in [0.1, 0.15) is 17.3 Å². The molecule has 0 radical (unpaired) electrons. The van der Waals surface area contributed by atoms with E-state index in [-0.39, 0.29) is 23.7 Å². The number of allylic oxidation sites excluding steroid dienone is 1. The number of esters is 1. The number of hydrogen-bond donors (Lipinski definition) is 2. The Morgan fingerprint density at radius 1 is 1.24 bits per heavy atom. The number of carbonyl (C=O) groups is 2. The molecule has 0 aromatic heterocycles. The summed E-state index contributed by atoms with van der Waals surface area (Å²) >= 11 is 0. The molecule has 0 bridgehead atoms. The number of halogens is 2. The van der Waals surface area contributed by atoms with E-state index in [0.29, 0.717) is 6.07 Å². The van der Waals surface area contributed by atoms with Crippen LogP contribution in [0.15, 0.2) is 29.6 Å². The maximum atomic E-state index is 13.6. The van der Waals surface area contributed by atoms with E-state index < -0.39 is 23.5 Å². The Labute approximate surface area is 121 Å². The average Bonchev–Trinajstić information content (AvgIpc) is 2.39. The molecular weight excluding hydrogens is 282 g/mol. The molecular formula is C14H16F2N2O3. The third-order valence-corrected chi connectivity index (χ3v) is 2.41. The Morgan fingerprint density at radius 3 is 2.43 bits per heavy atom. The van der Waals surface area contributed by atoms with Crippen molar-refractivity contribution in [2.45, 2.75) is 20.8 Å². The molecule has 0 atom stereocenters. The molecule has 0 aliphatic heterocycles. The number of anilines is 1. The quantitative estimate of drug-likeness (QED) is 0.646. The van der Waals surface area contributed by atoms with Crippen LogP contribution in [0.1, 0.15) is 20.8 Å². The summed E-state index contributed by atoms with van der Waals surface area (Å²) in [6.45, 7) is 4.43. The van der Waals surface area contributed by atoms with Crippen LogP contribution in [0.2, 0.25) is 0 Å². The summed E-state index contributed by atoms with van der Waals surface area (Å²) in [6.07, 6.45) is 0. The van der Waals surface area contributed by atoms with Crippen molar-refractivity contribution in [3.8, 4) is 0 Å². The predicted octanol–water partition coefficient (Wildman–Crippen LogP) is 2.31. The predicted molar refractivity (Wildman–Crippen MR) is 73.1 cm³/mol. The number of ether oxygens (including phenoxy) is 1. The second-order valence-electron chi connectivity index (χ2n) is 4.15. The number of nitrogens with one attached hydrogen (secondary N) is 2. The minimum atomic E-state index is -0.819. The molecule has 0 fully saturated rings. The van der Waals surface area contributed by atoms with E-state index in [0.717, 1.165) is 6.07 Å². The Hall–Kier alpha value is -2.44. The number of carbonyl (C=O) groups excluding carboxylic acids is 2. The largest absolute Gasteiger partial charge is 0.461 e. The standard InChI is InChI=1S/C14H16F2N2O3/c1-4-21-14(20)13(18-9(3)19)8(2)17-12-6-5-10(15)7-11(12)16/h5-7,17H,4H2,1-3H3,(H,18,19). The fourth-order valence-corrected chi connectivity index (χ4v) is 1.53. The van der Waals surface area contributed by atoms with Gasteiger partial charge in [0.05, 0.1) is 12.3 Å². The van der Waals surface area contributed by atoms with E-state index in [1.165, 1.54) is 19.9 Å². The second kappa shape index (κ2) is 7.37. The zero-order valence-electron chi connectivity index (χ0n) is 11.9. The topological polar surface area (TPSA) is 67.4 Å². The van der Waals surface area contributed by atoms with Gasteiger partial charge in [0.15, 0.2) is 0 Å². The normalized spacial score (nSPS) is 11.5. The highest BCUT2D eigenvalue weighted by atomic mass is 19.1. The zero-order valence-corrected chi connectivity index (χ0v) is 11.9. The van der Waals surface area contributed by atoms with Gasteiger partial charge in [-0.05, 0) is 26.0 Å². The monoisotopic (exact) mass is 298 g/mol. The highest BCUT2D eigenvalue weighted by molar-refractivity contribution is 5.94. The van der Waals surface area contributed by atoms with Crippen molar-refractivity contribution in [3.63, 3.8) is 0 Å². The van der Waals surface area contributed by atoms with Gasteiger partial charge < -0.3 is 15.4 Å². The minimum absolute atomic E-state index is 0.0268. The fourth-order valence-electron chi connectivity index (χ4n) is 1.53. The number of rotatable bonds is 5. The van der Waals surface area contributed by atoms with Crippen molar-refractivity contribution in [2.24, 2.45) is 0 Å². The van der Waals surface area contributed by atoms with E-state index >= 15 is 0 Å². The van der Waals surface area contributed by atoms with Crippen LogP contribution in [0.3, 0.4) is 0 Å². The first kappa shape index (κ1) is 16.6. The summed E-state index contributed by atoms with van der Waals surface area (Å²) in [5.74, 6) is -2.76. The first-order valence-corrected chi connectivity index (χ1v) is 6.22. The van der Waals surface area contributed by atoms with Crippen LogP contribution in [-0.2, 0) is 14.3 Å². The molecule has 0 saturated heterocycles. The van der Waals surface area contributed by atoms with Crippen molar-refractivity contribution in [1.29, 1.82) is 0 Å². The van der Waals surface area contributed by atoms with Gasteiger partial charge in [-0.1, -0.05) is 0 Å². The van der Waals surface area contributed by atoms with Crippen molar-refractivity contribution in [2.75, 3.05) is 11.9 Å². The van der Waals surface area contributed by atoms with Gasteiger partial charge in [-0.3, -0.25) is 4.79 Å². The Kier molecular flexibility index (Phi) is 5.83. The van der Waals surface area contributed by atoms with Crippen molar-refractivity contribution < 1.29 is 23.1 Å². The zero-order chi connectivity index (χ0) is 16.0. The molecule has 0 unspecified atom stereocenters. The molecule has 0 aliphatic carbocycles. The van der Waals surface area contributed by atoms with E-state index in [4.69, 9.17) is 4.74 Å². The lowest BCUT2D eigenvalue weighted by Crippen LogP contribution is -2.29. The van der Waals surface area contributed by atoms with Crippen LogP contribution < -0.4 is 10.6 Å². The summed E-state index contributed by atoms with van der Waals surface area (Å²) in [6, 6.07) is 2.96. The Bertz CT molecular complexity index is 586. The molecule has 114 valence electrons. The van der Waals surface area contributed by atoms with Crippen LogP contribution in [0.25, 0.3) is 0 Å². The smallest absolute Gasteiger partial charge is 0.356 e. The number of hydrogen-bond acceptors (Lipinski definition) is 4. The highest BCUT2D eigenvalue weighted by Gasteiger charge is 2.16. The molecule has 1 aromatic carbocycles. The summed E-state index contributed by atoms with van der Waals surface area (Å²) in [5, 5.41) is 4.93. The molecule has 1 aromatic rings. The van der Waals surface area contributed by atoms with Gasteiger partial charge in [-0.25, -0.2) is 13.6 Å². The molecule has 1 rings (SSSR count). The summed E-state index contributed by atoms with van der Waals surface area (Å²) < 4.78 is 31.2. The van der Waals surface area contributed by atoms with Gasteiger partial charge in [0.2, 0.25) is 5.91 Å². The summed E-state index contributed by atoms with van der Waals surface area (Å²) in [7, 11) is 0. The van der Waals surface area contributed by atoms with Crippen LogP contribution in [0, 0.1) is 11.6 Å². The molecule has 7 heteroatoms. The molecule has 5 nitrogen and oxygen atoms in total. The highest BCUT2D eigenvalue weighted by Crippen LogP contribution is 2.18. The Morgan fingerprint density at radius 2 is 1.90 bits per heavy atom. The maximum Gasteiger partial charge on any atom is 0.356 e. The van der Waals surface area contributed by atoms with E-state index in [1.54, 1.807) is 6.92 Å². The molecule has 21 heavy (non-hydrogen) atoms. The fraction of sp³-hybridized carbons (Fsp3) is 0.286. The van der Waals surface area contributed by atoms with Gasteiger partial charge in [-0.2, -0.15) is 0 Å². The van der Waals surface area contributed by atoms with Crippen molar-refractivity contribution in [1.82, 2.24) is 5.32 Å². The van der Waals surface area contributed by atoms with Crippen molar-refractivity contribution in [3.05, 3.63) is 41.2 Å². The third kappa shape index (κ3) is 4.87. The van der Waals surface area contributed by atoms with Gasteiger partial charge >= 0.3 is 5.97 Å². The lowest BCUT2D eigenvalue weighted by molar-refractivity contribution is -0.140. The lowest BCUT2D eigenvalue weighted by atomic mass is 10.2. The van der Waals surface area contributed by atoms with Crippen molar-refractivity contribution >= 4 is 17.6 Å². The SMILES string of the molecule is CCOC(=O)C(NC(C)=O)=C(C)Nc1ccc(F)cc1F.